The summed E-state index contributed by atoms with van der Waals surface area (Å²) in [5.41, 5.74) is 3.19. The Morgan fingerprint density at radius 1 is 1.06 bits per heavy atom. The first-order chi connectivity index (χ1) is 7.57. The zero-order valence-electron chi connectivity index (χ0n) is 10.8. The van der Waals surface area contributed by atoms with E-state index in [0.29, 0.717) is 5.75 Å². The number of hydrogen-bond donors (Lipinski definition) is 1. The van der Waals surface area contributed by atoms with E-state index in [-0.39, 0.29) is 0 Å². The monoisotopic (exact) mass is 222 g/mol. The van der Waals surface area contributed by atoms with E-state index in [2.05, 4.69) is 6.92 Å². The maximum absolute atomic E-state index is 9.73. The number of phenols is 1. The van der Waals surface area contributed by atoms with E-state index in [1.165, 1.54) is 12.8 Å². The van der Waals surface area contributed by atoms with Crippen LogP contribution < -0.4 is 4.74 Å². The Labute approximate surface area is 98.3 Å². The minimum atomic E-state index is 0.327. The summed E-state index contributed by atoms with van der Waals surface area (Å²) in [7, 11) is 0. The van der Waals surface area contributed by atoms with Crippen molar-refractivity contribution in [3.05, 3.63) is 22.8 Å². The quantitative estimate of drug-likeness (QED) is 0.766. The molecule has 0 unspecified atom stereocenters. The molecule has 1 aromatic rings. The van der Waals surface area contributed by atoms with Gasteiger partial charge in [0.1, 0.15) is 11.5 Å². The lowest BCUT2D eigenvalue weighted by molar-refractivity contribution is 0.302. The van der Waals surface area contributed by atoms with E-state index in [4.69, 9.17) is 4.74 Å². The van der Waals surface area contributed by atoms with E-state index in [0.717, 1.165) is 35.5 Å². The van der Waals surface area contributed by atoms with Crippen molar-refractivity contribution < 1.29 is 9.84 Å². The molecular weight excluding hydrogens is 200 g/mol. The molecule has 0 atom stereocenters. The molecule has 0 saturated heterocycles. The van der Waals surface area contributed by atoms with Gasteiger partial charge in [0.15, 0.2) is 0 Å². The first-order valence-electron chi connectivity index (χ1n) is 6.00. The Hall–Kier alpha value is -1.18. The number of rotatable bonds is 5. The van der Waals surface area contributed by atoms with Crippen LogP contribution in [0.1, 0.15) is 42.9 Å². The molecule has 1 rings (SSSR count). The maximum atomic E-state index is 9.73. The summed E-state index contributed by atoms with van der Waals surface area (Å²) in [5.74, 6) is 1.14. The third kappa shape index (κ3) is 2.91. The number of phenolic OH excluding ortho intramolecular Hbond substituents is 1. The fourth-order valence-corrected chi connectivity index (χ4v) is 1.68. The summed E-state index contributed by atoms with van der Waals surface area (Å²) in [6.45, 7) is 8.89. The number of unbranched alkanes of at least 4 members (excludes halogenated alkanes) is 2. The highest BCUT2D eigenvalue weighted by Gasteiger charge is 2.09. The fourth-order valence-electron chi connectivity index (χ4n) is 1.68. The van der Waals surface area contributed by atoms with Crippen molar-refractivity contribution in [1.82, 2.24) is 0 Å². The lowest BCUT2D eigenvalue weighted by Crippen LogP contribution is -2.00. The van der Waals surface area contributed by atoms with Crippen molar-refractivity contribution >= 4 is 0 Å². The number of ether oxygens (including phenoxy) is 1. The van der Waals surface area contributed by atoms with Crippen LogP contribution in [-0.2, 0) is 0 Å². The maximum Gasteiger partial charge on any atom is 0.126 e. The highest BCUT2D eigenvalue weighted by Crippen LogP contribution is 2.31. The molecule has 0 amide bonds. The van der Waals surface area contributed by atoms with Gasteiger partial charge < -0.3 is 9.84 Å². The molecule has 2 nitrogen and oxygen atoms in total. The average molecular weight is 222 g/mol. The standard InChI is InChI=1S/C14H22O2/c1-5-6-7-8-16-14-9-13(15)11(3)10(2)12(14)4/h9,15H,5-8H2,1-4H3. The van der Waals surface area contributed by atoms with Gasteiger partial charge in [0.25, 0.3) is 0 Å². The van der Waals surface area contributed by atoms with Crippen LogP contribution in [0.25, 0.3) is 0 Å². The van der Waals surface area contributed by atoms with Gasteiger partial charge >= 0.3 is 0 Å². The van der Waals surface area contributed by atoms with Crippen LogP contribution in [0, 0.1) is 20.8 Å². The third-order valence-corrected chi connectivity index (χ3v) is 3.15. The average Bonchev–Trinajstić information content (AvgIpc) is 2.28. The molecule has 0 heterocycles. The molecule has 0 bridgehead atoms. The second-order valence-corrected chi connectivity index (χ2v) is 4.32. The van der Waals surface area contributed by atoms with Crippen LogP contribution >= 0.6 is 0 Å². The molecule has 0 aliphatic heterocycles. The Kier molecular flexibility index (Phi) is 4.66. The molecule has 1 N–H and O–H groups in total. The minimum Gasteiger partial charge on any atom is -0.508 e. The predicted molar refractivity (Wildman–Crippen MR) is 67.3 cm³/mol. The van der Waals surface area contributed by atoms with E-state index in [1.807, 2.05) is 20.8 Å². The van der Waals surface area contributed by atoms with Gasteiger partial charge in [0, 0.05) is 6.07 Å². The summed E-state index contributed by atoms with van der Waals surface area (Å²) in [5, 5.41) is 9.73. The van der Waals surface area contributed by atoms with Crippen molar-refractivity contribution in [3.63, 3.8) is 0 Å². The lowest BCUT2D eigenvalue weighted by Gasteiger charge is -2.14. The van der Waals surface area contributed by atoms with Crippen molar-refractivity contribution in [2.45, 2.75) is 47.0 Å². The second-order valence-electron chi connectivity index (χ2n) is 4.32. The van der Waals surface area contributed by atoms with E-state index in [9.17, 15) is 5.11 Å². The fraction of sp³-hybridized carbons (Fsp3) is 0.571. The molecule has 90 valence electrons. The van der Waals surface area contributed by atoms with Gasteiger partial charge in [0.2, 0.25) is 0 Å². The van der Waals surface area contributed by atoms with Gasteiger partial charge in [-0.1, -0.05) is 19.8 Å². The summed E-state index contributed by atoms with van der Waals surface area (Å²) < 4.78 is 5.70. The zero-order chi connectivity index (χ0) is 12.1. The molecular formula is C14H22O2. The third-order valence-electron chi connectivity index (χ3n) is 3.15. The van der Waals surface area contributed by atoms with E-state index < -0.39 is 0 Å². The molecule has 0 aliphatic rings. The van der Waals surface area contributed by atoms with Crippen LogP contribution in [0.15, 0.2) is 6.07 Å². The van der Waals surface area contributed by atoms with Crippen molar-refractivity contribution in [3.8, 4) is 11.5 Å². The highest BCUT2D eigenvalue weighted by molar-refractivity contribution is 5.50. The van der Waals surface area contributed by atoms with Crippen molar-refractivity contribution in [1.29, 1.82) is 0 Å². The van der Waals surface area contributed by atoms with Gasteiger partial charge in [0.05, 0.1) is 6.61 Å². The van der Waals surface area contributed by atoms with E-state index in [1.54, 1.807) is 6.07 Å². The number of aromatic hydroxyl groups is 1. The van der Waals surface area contributed by atoms with E-state index >= 15 is 0 Å². The second kappa shape index (κ2) is 5.78. The normalized spacial score (nSPS) is 10.5. The zero-order valence-corrected chi connectivity index (χ0v) is 10.8. The molecule has 1 aromatic carbocycles. The lowest BCUT2D eigenvalue weighted by atomic mass is 10.0. The van der Waals surface area contributed by atoms with Crippen LogP contribution in [0.2, 0.25) is 0 Å². The SMILES string of the molecule is CCCCCOc1cc(O)c(C)c(C)c1C. The van der Waals surface area contributed by atoms with Crippen molar-refractivity contribution in [2.24, 2.45) is 0 Å². The summed E-state index contributed by atoms with van der Waals surface area (Å²) in [6.07, 6.45) is 3.46. The largest absolute Gasteiger partial charge is 0.508 e. The van der Waals surface area contributed by atoms with Gasteiger partial charge in [-0.15, -0.1) is 0 Å². The Balaban J connectivity index is 2.73. The first-order valence-corrected chi connectivity index (χ1v) is 6.00. The van der Waals surface area contributed by atoms with Gasteiger partial charge in [-0.2, -0.15) is 0 Å². The van der Waals surface area contributed by atoms with Crippen LogP contribution in [0.4, 0.5) is 0 Å². The molecule has 0 aromatic heterocycles. The molecule has 0 spiro atoms. The Morgan fingerprint density at radius 3 is 2.38 bits per heavy atom. The van der Waals surface area contributed by atoms with Crippen molar-refractivity contribution in [2.75, 3.05) is 6.61 Å². The summed E-state index contributed by atoms with van der Waals surface area (Å²) in [6, 6.07) is 1.73. The Bertz CT molecular complexity index is 356. The molecule has 0 saturated carbocycles. The molecule has 0 aliphatic carbocycles. The van der Waals surface area contributed by atoms with Gasteiger partial charge in [-0.3, -0.25) is 0 Å². The van der Waals surface area contributed by atoms with Crippen LogP contribution in [0.3, 0.4) is 0 Å². The molecule has 0 radical (unpaired) electrons. The molecule has 16 heavy (non-hydrogen) atoms. The predicted octanol–water partition coefficient (Wildman–Crippen LogP) is 3.89. The van der Waals surface area contributed by atoms with Crippen LogP contribution in [-0.4, -0.2) is 11.7 Å². The smallest absolute Gasteiger partial charge is 0.126 e. The number of hydrogen-bond acceptors (Lipinski definition) is 2. The summed E-state index contributed by atoms with van der Waals surface area (Å²) in [4.78, 5) is 0. The number of benzene rings is 1. The highest BCUT2D eigenvalue weighted by atomic mass is 16.5. The van der Waals surface area contributed by atoms with Crippen LogP contribution in [0.5, 0.6) is 11.5 Å². The summed E-state index contributed by atoms with van der Waals surface area (Å²) >= 11 is 0. The van der Waals surface area contributed by atoms with Gasteiger partial charge in [-0.05, 0) is 43.9 Å². The minimum absolute atomic E-state index is 0.327. The van der Waals surface area contributed by atoms with Gasteiger partial charge in [-0.25, -0.2) is 0 Å². The first kappa shape index (κ1) is 12.9. The Morgan fingerprint density at radius 2 is 1.75 bits per heavy atom. The molecule has 0 fully saturated rings. The topological polar surface area (TPSA) is 29.5 Å². The molecule has 2 heteroatoms.